The van der Waals surface area contributed by atoms with Gasteiger partial charge in [-0.1, -0.05) is 43.4 Å². The number of aromatic hydroxyl groups is 1. The van der Waals surface area contributed by atoms with E-state index in [1.807, 2.05) is 24.3 Å². The first-order chi connectivity index (χ1) is 6.22. The molecule has 13 heavy (non-hydrogen) atoms. The van der Waals surface area contributed by atoms with Crippen molar-refractivity contribution in [2.24, 2.45) is 0 Å². The van der Waals surface area contributed by atoms with E-state index in [2.05, 4.69) is 13.5 Å². The molecule has 1 nitrogen and oxygen atoms in total. The van der Waals surface area contributed by atoms with Gasteiger partial charge in [0.05, 0.1) is 0 Å². The van der Waals surface area contributed by atoms with Crippen LogP contribution in [0.1, 0.15) is 18.9 Å². The first kappa shape index (κ1) is 9.59. The summed E-state index contributed by atoms with van der Waals surface area (Å²) in [6, 6.07) is 7.09. The van der Waals surface area contributed by atoms with Crippen LogP contribution < -0.4 is 0 Å². The topological polar surface area (TPSA) is 20.2 Å². The lowest BCUT2D eigenvalue weighted by molar-refractivity contribution is 0.475. The molecule has 0 saturated heterocycles. The molecule has 0 unspecified atom stereocenters. The molecule has 1 aromatic carbocycles. The molecule has 0 spiro atoms. The highest BCUT2D eigenvalue weighted by molar-refractivity contribution is 5.53. The Bertz CT molecular complexity index is 306. The average molecular weight is 174 g/mol. The number of allylic oxidation sites excluding steroid dienone is 2. The number of phenols is 1. The highest BCUT2D eigenvalue weighted by Crippen LogP contribution is 2.11. The zero-order valence-corrected chi connectivity index (χ0v) is 7.83. The van der Waals surface area contributed by atoms with Crippen LogP contribution in [0.15, 0.2) is 42.5 Å². The van der Waals surface area contributed by atoms with Gasteiger partial charge in [0.25, 0.3) is 0 Å². The molecular formula is C12H14O. The molecule has 0 radical (unpaired) electrons. The van der Waals surface area contributed by atoms with Crippen molar-refractivity contribution >= 4 is 6.08 Å². The van der Waals surface area contributed by atoms with E-state index in [-0.39, 0.29) is 0 Å². The number of phenolic OH excluding ortho intramolecular Hbond substituents is 1. The second-order valence-electron chi connectivity index (χ2n) is 2.94. The van der Waals surface area contributed by atoms with Crippen LogP contribution in [0.4, 0.5) is 0 Å². The lowest BCUT2D eigenvalue weighted by Crippen LogP contribution is -1.72. The Balaban J connectivity index is 2.69. The van der Waals surface area contributed by atoms with Gasteiger partial charge in [-0.15, -0.1) is 0 Å². The summed E-state index contributed by atoms with van der Waals surface area (Å²) >= 11 is 0. The highest BCUT2D eigenvalue weighted by Gasteiger charge is 1.87. The van der Waals surface area contributed by atoms with Crippen LogP contribution in [0.2, 0.25) is 0 Å². The molecule has 0 aliphatic carbocycles. The summed E-state index contributed by atoms with van der Waals surface area (Å²) in [5.74, 6) is 0.298. The molecule has 68 valence electrons. The van der Waals surface area contributed by atoms with Gasteiger partial charge in [0.15, 0.2) is 0 Å². The SMILES string of the molecule is C=C(/C=C/c1ccc(O)cc1)CC. The van der Waals surface area contributed by atoms with Crippen molar-refractivity contribution in [3.05, 3.63) is 48.1 Å². The van der Waals surface area contributed by atoms with E-state index >= 15 is 0 Å². The van der Waals surface area contributed by atoms with Gasteiger partial charge >= 0.3 is 0 Å². The van der Waals surface area contributed by atoms with Crippen LogP contribution in [0.25, 0.3) is 6.08 Å². The molecule has 1 N–H and O–H groups in total. The smallest absolute Gasteiger partial charge is 0.115 e. The van der Waals surface area contributed by atoms with E-state index in [1.54, 1.807) is 12.1 Å². The Morgan fingerprint density at radius 1 is 1.38 bits per heavy atom. The number of hydrogen-bond donors (Lipinski definition) is 1. The van der Waals surface area contributed by atoms with Crippen LogP contribution in [-0.2, 0) is 0 Å². The molecule has 1 rings (SSSR count). The Hall–Kier alpha value is -1.50. The largest absolute Gasteiger partial charge is 0.508 e. The lowest BCUT2D eigenvalue weighted by atomic mass is 10.1. The maximum atomic E-state index is 9.04. The van der Waals surface area contributed by atoms with Crippen molar-refractivity contribution in [2.45, 2.75) is 13.3 Å². The zero-order chi connectivity index (χ0) is 9.68. The van der Waals surface area contributed by atoms with Gasteiger partial charge < -0.3 is 5.11 Å². The molecule has 1 heteroatoms. The van der Waals surface area contributed by atoms with Gasteiger partial charge in [-0.2, -0.15) is 0 Å². The number of hydrogen-bond acceptors (Lipinski definition) is 1. The van der Waals surface area contributed by atoms with E-state index < -0.39 is 0 Å². The van der Waals surface area contributed by atoms with Crippen molar-refractivity contribution < 1.29 is 5.11 Å². The van der Waals surface area contributed by atoms with E-state index in [1.165, 1.54) is 0 Å². The molecule has 0 aliphatic heterocycles. The summed E-state index contributed by atoms with van der Waals surface area (Å²) in [4.78, 5) is 0. The predicted octanol–water partition coefficient (Wildman–Crippen LogP) is 3.37. The molecular weight excluding hydrogens is 160 g/mol. The molecule has 0 saturated carbocycles. The van der Waals surface area contributed by atoms with Gasteiger partial charge in [0, 0.05) is 0 Å². The van der Waals surface area contributed by atoms with Crippen LogP contribution in [-0.4, -0.2) is 5.11 Å². The van der Waals surface area contributed by atoms with Crippen LogP contribution >= 0.6 is 0 Å². The Morgan fingerprint density at radius 2 is 2.00 bits per heavy atom. The maximum absolute atomic E-state index is 9.04. The van der Waals surface area contributed by atoms with Crippen LogP contribution in [0.5, 0.6) is 5.75 Å². The fourth-order valence-corrected chi connectivity index (χ4v) is 0.917. The molecule has 1 aromatic rings. The Labute approximate surface area is 79.0 Å². The fourth-order valence-electron chi connectivity index (χ4n) is 0.917. The minimum atomic E-state index is 0.298. The standard InChI is InChI=1S/C12H14O/c1-3-10(2)4-5-11-6-8-12(13)9-7-11/h4-9,13H,2-3H2,1H3/b5-4+. The molecule has 0 aromatic heterocycles. The van der Waals surface area contributed by atoms with Crippen molar-refractivity contribution in [1.82, 2.24) is 0 Å². The Morgan fingerprint density at radius 3 is 2.54 bits per heavy atom. The molecule has 0 amide bonds. The van der Waals surface area contributed by atoms with E-state index in [0.29, 0.717) is 5.75 Å². The maximum Gasteiger partial charge on any atom is 0.115 e. The van der Waals surface area contributed by atoms with Gasteiger partial charge in [-0.3, -0.25) is 0 Å². The molecule has 0 bridgehead atoms. The van der Waals surface area contributed by atoms with Gasteiger partial charge in [0.1, 0.15) is 5.75 Å². The van der Waals surface area contributed by atoms with Gasteiger partial charge in [-0.25, -0.2) is 0 Å². The van der Waals surface area contributed by atoms with Crippen molar-refractivity contribution in [3.8, 4) is 5.75 Å². The summed E-state index contributed by atoms with van der Waals surface area (Å²) in [5, 5.41) is 9.04. The minimum absolute atomic E-state index is 0.298. The van der Waals surface area contributed by atoms with Gasteiger partial charge in [0.2, 0.25) is 0 Å². The lowest BCUT2D eigenvalue weighted by Gasteiger charge is -1.94. The summed E-state index contributed by atoms with van der Waals surface area (Å²) in [7, 11) is 0. The number of rotatable bonds is 3. The zero-order valence-electron chi connectivity index (χ0n) is 7.83. The second kappa shape index (κ2) is 4.51. The highest BCUT2D eigenvalue weighted by atomic mass is 16.3. The van der Waals surface area contributed by atoms with Crippen molar-refractivity contribution in [1.29, 1.82) is 0 Å². The first-order valence-electron chi connectivity index (χ1n) is 4.37. The van der Waals surface area contributed by atoms with Crippen molar-refractivity contribution in [3.63, 3.8) is 0 Å². The molecule has 0 heterocycles. The van der Waals surface area contributed by atoms with Crippen LogP contribution in [0, 0.1) is 0 Å². The second-order valence-corrected chi connectivity index (χ2v) is 2.94. The summed E-state index contributed by atoms with van der Waals surface area (Å²) in [5.41, 5.74) is 2.18. The third kappa shape index (κ3) is 3.16. The third-order valence-corrected chi connectivity index (χ3v) is 1.86. The Kier molecular flexibility index (Phi) is 3.32. The van der Waals surface area contributed by atoms with E-state index in [9.17, 15) is 0 Å². The van der Waals surface area contributed by atoms with E-state index in [4.69, 9.17) is 5.11 Å². The summed E-state index contributed by atoms with van der Waals surface area (Å²) in [6.07, 6.45) is 4.95. The molecule has 0 fully saturated rings. The molecule has 0 aliphatic rings. The quantitative estimate of drug-likeness (QED) is 0.696. The van der Waals surface area contributed by atoms with Gasteiger partial charge in [-0.05, 0) is 24.1 Å². The van der Waals surface area contributed by atoms with E-state index in [0.717, 1.165) is 17.6 Å². The predicted molar refractivity (Wildman–Crippen MR) is 56.6 cm³/mol. The average Bonchev–Trinajstić information content (AvgIpc) is 2.16. The third-order valence-electron chi connectivity index (χ3n) is 1.86. The normalized spacial score (nSPS) is 10.5. The minimum Gasteiger partial charge on any atom is -0.508 e. The number of benzene rings is 1. The summed E-state index contributed by atoms with van der Waals surface area (Å²) < 4.78 is 0. The molecule has 0 atom stereocenters. The van der Waals surface area contributed by atoms with Crippen molar-refractivity contribution in [2.75, 3.05) is 0 Å². The summed E-state index contributed by atoms with van der Waals surface area (Å²) in [6.45, 7) is 5.94. The fraction of sp³-hybridized carbons (Fsp3) is 0.167. The first-order valence-corrected chi connectivity index (χ1v) is 4.37. The monoisotopic (exact) mass is 174 g/mol. The van der Waals surface area contributed by atoms with Crippen LogP contribution in [0.3, 0.4) is 0 Å².